The molecule has 1 aliphatic carbocycles. The van der Waals surface area contributed by atoms with Gasteiger partial charge in [-0.05, 0) is 36.3 Å². The Morgan fingerprint density at radius 3 is 2.86 bits per heavy atom. The average Bonchev–Trinajstić information content (AvgIpc) is 3.04. The fraction of sp³-hybridized carbons (Fsp3) is 0.400. The lowest BCUT2D eigenvalue weighted by molar-refractivity contribution is 0.0696. The zero-order chi connectivity index (χ0) is 15.9. The van der Waals surface area contributed by atoms with Crippen molar-refractivity contribution in [1.29, 1.82) is 0 Å². The van der Waals surface area contributed by atoms with Crippen LogP contribution in [0.3, 0.4) is 0 Å². The van der Waals surface area contributed by atoms with Gasteiger partial charge >= 0.3 is 5.97 Å². The lowest BCUT2D eigenvalue weighted by Crippen LogP contribution is -2.22. The van der Waals surface area contributed by atoms with Gasteiger partial charge in [0, 0.05) is 11.1 Å². The molecule has 1 amide bonds. The van der Waals surface area contributed by atoms with Crippen LogP contribution in [-0.2, 0) is 12.8 Å². The molecule has 2 aromatic heterocycles. The second-order valence-corrected chi connectivity index (χ2v) is 7.38. The zero-order valence-corrected chi connectivity index (χ0v) is 13.2. The number of amides is 1. The summed E-state index contributed by atoms with van der Waals surface area (Å²) in [4.78, 5) is 24.9. The number of carbonyl (C=O) groups is 2. The van der Waals surface area contributed by atoms with Gasteiger partial charge in [0.05, 0.1) is 5.56 Å². The number of aromatic amines is 1. The van der Waals surface area contributed by atoms with Crippen LogP contribution in [0, 0.1) is 5.41 Å². The second kappa shape index (κ2) is 5.24. The zero-order valence-electron chi connectivity index (χ0n) is 12.4. The summed E-state index contributed by atoms with van der Waals surface area (Å²) in [7, 11) is 0. The number of hydrogen-bond acceptors (Lipinski definition) is 4. The highest BCUT2D eigenvalue weighted by Gasteiger charge is 2.33. The maximum absolute atomic E-state index is 12.1. The van der Waals surface area contributed by atoms with Gasteiger partial charge in [0.15, 0.2) is 0 Å². The molecule has 6 nitrogen and oxygen atoms in total. The van der Waals surface area contributed by atoms with Crippen LogP contribution in [0.25, 0.3) is 0 Å². The van der Waals surface area contributed by atoms with E-state index >= 15 is 0 Å². The highest BCUT2D eigenvalue weighted by molar-refractivity contribution is 7.17. The van der Waals surface area contributed by atoms with Crippen molar-refractivity contribution < 1.29 is 14.7 Å². The molecule has 0 saturated heterocycles. The number of aryl methyl sites for hydroxylation is 1. The van der Waals surface area contributed by atoms with E-state index in [1.807, 2.05) is 0 Å². The number of aromatic carboxylic acids is 1. The molecule has 0 atom stereocenters. The minimum absolute atomic E-state index is 0.0862. The van der Waals surface area contributed by atoms with Crippen LogP contribution in [0.4, 0.5) is 5.00 Å². The van der Waals surface area contributed by atoms with E-state index in [9.17, 15) is 14.7 Å². The number of nitrogens with one attached hydrogen (secondary N) is 2. The molecule has 0 spiro atoms. The first-order valence-corrected chi connectivity index (χ1v) is 7.87. The van der Waals surface area contributed by atoms with E-state index in [0.717, 1.165) is 29.7 Å². The molecule has 0 unspecified atom stereocenters. The van der Waals surface area contributed by atoms with Gasteiger partial charge < -0.3 is 10.4 Å². The molecule has 116 valence electrons. The van der Waals surface area contributed by atoms with E-state index in [0.29, 0.717) is 10.7 Å². The molecular weight excluding hydrogens is 302 g/mol. The van der Waals surface area contributed by atoms with Gasteiger partial charge in [-0.2, -0.15) is 5.10 Å². The Hall–Kier alpha value is -2.15. The number of nitrogens with zero attached hydrogens (tertiary/aromatic N) is 1. The number of fused-ring (bicyclic) bond motifs is 1. The van der Waals surface area contributed by atoms with Crippen LogP contribution >= 0.6 is 11.3 Å². The molecule has 0 saturated carbocycles. The van der Waals surface area contributed by atoms with E-state index in [-0.39, 0.29) is 16.9 Å². The fourth-order valence-electron chi connectivity index (χ4n) is 2.79. The number of rotatable bonds is 3. The smallest absolute Gasteiger partial charge is 0.339 e. The summed E-state index contributed by atoms with van der Waals surface area (Å²) in [6, 6.07) is 1.55. The third-order valence-corrected chi connectivity index (χ3v) is 5.17. The summed E-state index contributed by atoms with van der Waals surface area (Å²) in [5.41, 5.74) is 1.50. The van der Waals surface area contributed by atoms with Crippen molar-refractivity contribution in [2.45, 2.75) is 33.1 Å². The van der Waals surface area contributed by atoms with Crippen LogP contribution in [0.15, 0.2) is 12.3 Å². The summed E-state index contributed by atoms with van der Waals surface area (Å²) in [6.45, 7) is 4.28. The van der Waals surface area contributed by atoms with Gasteiger partial charge in [0.1, 0.15) is 10.7 Å². The van der Waals surface area contributed by atoms with Crippen molar-refractivity contribution in [1.82, 2.24) is 10.2 Å². The van der Waals surface area contributed by atoms with Crippen molar-refractivity contribution in [3.8, 4) is 0 Å². The van der Waals surface area contributed by atoms with E-state index in [1.165, 1.54) is 17.5 Å². The van der Waals surface area contributed by atoms with Crippen molar-refractivity contribution in [2.24, 2.45) is 5.41 Å². The van der Waals surface area contributed by atoms with Gasteiger partial charge in [0.25, 0.3) is 5.91 Å². The van der Waals surface area contributed by atoms with Crippen LogP contribution < -0.4 is 5.32 Å². The Kier molecular flexibility index (Phi) is 3.52. The Bertz CT molecular complexity index is 732. The van der Waals surface area contributed by atoms with Gasteiger partial charge in [-0.15, -0.1) is 11.3 Å². The highest BCUT2D eigenvalue weighted by Crippen LogP contribution is 2.43. The van der Waals surface area contributed by atoms with E-state index < -0.39 is 5.97 Å². The van der Waals surface area contributed by atoms with E-state index in [4.69, 9.17) is 0 Å². The number of carbonyl (C=O) groups excluding carboxylic acids is 1. The number of anilines is 1. The lowest BCUT2D eigenvalue weighted by atomic mass is 9.76. The molecule has 22 heavy (non-hydrogen) atoms. The molecule has 2 heterocycles. The largest absolute Gasteiger partial charge is 0.478 e. The predicted molar refractivity (Wildman–Crippen MR) is 83.6 cm³/mol. The number of carboxylic acids is 1. The van der Waals surface area contributed by atoms with Crippen LogP contribution in [-0.4, -0.2) is 27.2 Å². The third kappa shape index (κ3) is 2.64. The fourth-order valence-corrected chi connectivity index (χ4v) is 3.99. The summed E-state index contributed by atoms with van der Waals surface area (Å²) in [6.07, 6.45) is 4.08. The molecule has 0 aliphatic heterocycles. The Morgan fingerprint density at radius 1 is 1.45 bits per heavy atom. The van der Waals surface area contributed by atoms with E-state index in [1.54, 1.807) is 6.07 Å². The predicted octanol–water partition coefficient (Wildman–Crippen LogP) is 2.94. The van der Waals surface area contributed by atoms with Crippen molar-refractivity contribution >= 4 is 28.2 Å². The second-order valence-electron chi connectivity index (χ2n) is 6.28. The van der Waals surface area contributed by atoms with Gasteiger partial charge in [-0.25, -0.2) is 4.79 Å². The molecule has 0 bridgehead atoms. The van der Waals surface area contributed by atoms with E-state index in [2.05, 4.69) is 29.4 Å². The quantitative estimate of drug-likeness (QED) is 0.810. The molecule has 7 heteroatoms. The first-order chi connectivity index (χ1) is 10.4. The topological polar surface area (TPSA) is 95.1 Å². The summed E-state index contributed by atoms with van der Waals surface area (Å²) >= 11 is 1.37. The molecule has 3 rings (SSSR count). The van der Waals surface area contributed by atoms with Crippen molar-refractivity contribution in [2.75, 3.05) is 5.32 Å². The maximum Gasteiger partial charge on any atom is 0.339 e. The summed E-state index contributed by atoms with van der Waals surface area (Å²) in [5, 5.41) is 19.0. The minimum atomic E-state index is -0.991. The Labute approximate surface area is 131 Å². The standard InChI is InChI=1S/C15H17N3O3S/c1-15(2)5-3-10-8(7-15)11(14(20)21)13(22-10)17-12(19)9-4-6-16-18-9/h4,6H,3,5,7H2,1-2H3,(H,16,18)(H,17,19)(H,20,21). The average molecular weight is 319 g/mol. The minimum Gasteiger partial charge on any atom is -0.478 e. The first-order valence-electron chi connectivity index (χ1n) is 7.06. The summed E-state index contributed by atoms with van der Waals surface area (Å²) < 4.78 is 0. The normalized spacial score (nSPS) is 16.1. The maximum atomic E-state index is 12.1. The number of carboxylic acid groups (broad SMARTS) is 1. The third-order valence-electron chi connectivity index (χ3n) is 3.96. The Morgan fingerprint density at radius 2 is 2.23 bits per heavy atom. The molecule has 0 radical (unpaired) electrons. The Balaban J connectivity index is 1.97. The molecule has 3 N–H and O–H groups in total. The number of aromatic nitrogens is 2. The molecule has 0 fully saturated rings. The number of H-pyrrole nitrogens is 1. The molecule has 2 aromatic rings. The van der Waals surface area contributed by atoms with Crippen molar-refractivity contribution in [3.63, 3.8) is 0 Å². The molecule has 1 aliphatic rings. The van der Waals surface area contributed by atoms with Gasteiger partial charge in [-0.3, -0.25) is 9.89 Å². The molecular formula is C15H17N3O3S. The monoisotopic (exact) mass is 319 g/mol. The first kappa shape index (κ1) is 14.8. The van der Waals surface area contributed by atoms with Crippen LogP contribution in [0.5, 0.6) is 0 Å². The lowest BCUT2D eigenvalue weighted by Gasteiger charge is -2.29. The van der Waals surface area contributed by atoms with Gasteiger partial charge in [0.2, 0.25) is 0 Å². The summed E-state index contributed by atoms with van der Waals surface area (Å²) in [5.74, 6) is -1.37. The number of thiophene rings is 1. The van der Waals surface area contributed by atoms with Crippen molar-refractivity contribution in [3.05, 3.63) is 34.0 Å². The SMILES string of the molecule is CC1(C)CCc2sc(NC(=O)c3ccn[nH]3)c(C(=O)O)c2C1. The highest BCUT2D eigenvalue weighted by atomic mass is 32.1. The molecule has 0 aromatic carbocycles. The van der Waals surface area contributed by atoms with Gasteiger partial charge in [-0.1, -0.05) is 13.8 Å². The van der Waals surface area contributed by atoms with Crippen LogP contribution in [0.1, 0.15) is 51.6 Å². The van der Waals surface area contributed by atoms with Crippen LogP contribution in [0.2, 0.25) is 0 Å². The number of hydrogen-bond donors (Lipinski definition) is 3.